The molecule has 0 aliphatic carbocycles. The van der Waals surface area contributed by atoms with Crippen molar-refractivity contribution in [1.82, 2.24) is 4.98 Å². The molecular weight excluding hydrogens is 260 g/mol. The number of hydrogen-bond acceptors (Lipinski definition) is 5. The van der Waals surface area contributed by atoms with E-state index in [4.69, 9.17) is 4.74 Å². The van der Waals surface area contributed by atoms with Crippen molar-refractivity contribution in [2.75, 3.05) is 18.6 Å². The van der Waals surface area contributed by atoms with Crippen LogP contribution in [0.5, 0.6) is 0 Å². The highest BCUT2D eigenvalue weighted by Crippen LogP contribution is 2.28. The summed E-state index contributed by atoms with van der Waals surface area (Å²) in [6.45, 7) is 9.40. The molecule has 1 aromatic rings. The molecule has 0 aliphatic heterocycles. The highest BCUT2D eigenvalue weighted by Gasteiger charge is 2.20. The van der Waals surface area contributed by atoms with Gasteiger partial charge in [-0.05, 0) is 27.2 Å². The molecule has 108 valence electrons. The second-order valence-electron chi connectivity index (χ2n) is 4.89. The minimum atomic E-state index is -0.350. The Labute approximate surface area is 119 Å². The minimum Gasteiger partial charge on any atom is -0.464 e. The van der Waals surface area contributed by atoms with Crippen LogP contribution in [0.3, 0.4) is 0 Å². The Balaban J connectivity index is 2.88. The Hall–Kier alpha value is -1.10. The first kappa shape index (κ1) is 16.0. The molecule has 5 heteroatoms. The average Bonchev–Trinajstić information content (AvgIpc) is 2.75. The van der Waals surface area contributed by atoms with Gasteiger partial charge in [-0.3, -0.25) is 0 Å². The molecule has 4 nitrogen and oxygen atoms in total. The van der Waals surface area contributed by atoms with Crippen LogP contribution in [0.15, 0.2) is 0 Å². The Morgan fingerprint density at radius 1 is 1.42 bits per heavy atom. The van der Waals surface area contributed by atoms with Crippen molar-refractivity contribution >= 4 is 22.4 Å². The van der Waals surface area contributed by atoms with Crippen molar-refractivity contribution in [1.29, 1.82) is 0 Å². The normalized spacial score (nSPS) is 10.8. The van der Waals surface area contributed by atoms with Gasteiger partial charge in [0.2, 0.25) is 0 Å². The lowest BCUT2D eigenvalue weighted by molar-refractivity contribution is 0.0594. The quantitative estimate of drug-likeness (QED) is 0.566. The van der Waals surface area contributed by atoms with E-state index in [0.717, 1.165) is 23.0 Å². The van der Waals surface area contributed by atoms with Crippen LogP contribution in [0.4, 0.5) is 5.13 Å². The summed E-state index contributed by atoms with van der Waals surface area (Å²) >= 11 is 1.57. The number of aromatic nitrogens is 1. The van der Waals surface area contributed by atoms with Crippen molar-refractivity contribution in [2.24, 2.45) is 0 Å². The molecule has 0 spiro atoms. The molecular formula is C14H24N2O2S. The van der Waals surface area contributed by atoms with E-state index < -0.39 is 0 Å². The van der Waals surface area contributed by atoms with Gasteiger partial charge in [0, 0.05) is 17.5 Å². The monoisotopic (exact) mass is 284 g/mol. The van der Waals surface area contributed by atoms with Gasteiger partial charge in [0.05, 0.1) is 7.11 Å². The topological polar surface area (TPSA) is 42.4 Å². The van der Waals surface area contributed by atoms with Gasteiger partial charge in [0.15, 0.2) is 10.8 Å². The maximum absolute atomic E-state index is 11.6. The van der Waals surface area contributed by atoms with Gasteiger partial charge in [-0.1, -0.05) is 19.8 Å². The molecule has 1 aromatic heterocycles. The molecule has 0 aromatic carbocycles. The number of unbranched alkanes of at least 4 members (excludes halogenated alkanes) is 2. The third-order valence-electron chi connectivity index (χ3n) is 3.04. The van der Waals surface area contributed by atoms with Crippen LogP contribution in [0, 0.1) is 6.92 Å². The predicted octanol–water partition coefficient (Wildman–Crippen LogP) is 3.64. The van der Waals surface area contributed by atoms with Crippen LogP contribution in [-0.2, 0) is 4.74 Å². The zero-order chi connectivity index (χ0) is 14.4. The number of anilines is 1. The van der Waals surface area contributed by atoms with Crippen LogP contribution in [0.25, 0.3) is 0 Å². The summed E-state index contributed by atoms with van der Waals surface area (Å²) in [5.74, 6) is -0.350. The smallest absolute Gasteiger partial charge is 0.357 e. The first-order valence-corrected chi connectivity index (χ1v) is 7.65. The van der Waals surface area contributed by atoms with Gasteiger partial charge in [-0.2, -0.15) is 0 Å². The summed E-state index contributed by atoms with van der Waals surface area (Å²) in [6.07, 6.45) is 3.58. The van der Waals surface area contributed by atoms with E-state index in [1.165, 1.54) is 20.0 Å². The Morgan fingerprint density at radius 3 is 2.63 bits per heavy atom. The number of rotatable bonds is 7. The van der Waals surface area contributed by atoms with E-state index in [-0.39, 0.29) is 5.97 Å². The molecule has 0 amide bonds. The standard InChI is InChI=1S/C14H24N2O2S/c1-6-7-8-9-16(10(2)3)14-15-12(11(4)19-14)13(17)18-5/h10H,6-9H2,1-5H3. The number of carbonyl (C=O) groups excluding carboxylic acids is 1. The maximum atomic E-state index is 11.6. The van der Waals surface area contributed by atoms with E-state index in [0.29, 0.717) is 11.7 Å². The van der Waals surface area contributed by atoms with Crippen molar-refractivity contribution in [3.05, 3.63) is 10.6 Å². The van der Waals surface area contributed by atoms with E-state index in [2.05, 4.69) is 30.7 Å². The van der Waals surface area contributed by atoms with Gasteiger partial charge in [0.1, 0.15) is 0 Å². The second kappa shape index (κ2) is 7.48. The molecule has 0 saturated carbocycles. The summed E-state index contributed by atoms with van der Waals surface area (Å²) in [5, 5.41) is 0.920. The molecule has 0 unspecified atom stereocenters. The van der Waals surface area contributed by atoms with Gasteiger partial charge < -0.3 is 9.64 Å². The third kappa shape index (κ3) is 4.20. The van der Waals surface area contributed by atoms with Gasteiger partial charge >= 0.3 is 5.97 Å². The molecule has 0 aliphatic rings. The van der Waals surface area contributed by atoms with Gasteiger partial charge in [-0.25, -0.2) is 9.78 Å². The molecule has 0 bridgehead atoms. The van der Waals surface area contributed by atoms with E-state index in [1.54, 1.807) is 11.3 Å². The molecule has 0 saturated heterocycles. The minimum absolute atomic E-state index is 0.350. The predicted molar refractivity (Wildman–Crippen MR) is 80.2 cm³/mol. The highest BCUT2D eigenvalue weighted by molar-refractivity contribution is 7.15. The largest absolute Gasteiger partial charge is 0.464 e. The fraction of sp³-hybridized carbons (Fsp3) is 0.714. The van der Waals surface area contributed by atoms with Crippen LogP contribution in [-0.4, -0.2) is 30.6 Å². The lowest BCUT2D eigenvalue weighted by Gasteiger charge is -2.26. The number of esters is 1. The van der Waals surface area contributed by atoms with Crippen molar-refractivity contribution in [3.63, 3.8) is 0 Å². The van der Waals surface area contributed by atoms with Gasteiger partial charge in [-0.15, -0.1) is 11.3 Å². The number of hydrogen-bond donors (Lipinski definition) is 0. The number of carbonyl (C=O) groups is 1. The SMILES string of the molecule is CCCCCN(c1nc(C(=O)OC)c(C)s1)C(C)C. The molecule has 0 N–H and O–H groups in total. The summed E-state index contributed by atoms with van der Waals surface area (Å²) in [7, 11) is 1.39. The molecule has 0 radical (unpaired) electrons. The molecule has 0 atom stereocenters. The summed E-state index contributed by atoms with van der Waals surface area (Å²) in [6, 6.07) is 0.382. The third-order valence-corrected chi connectivity index (χ3v) is 4.04. The summed E-state index contributed by atoms with van der Waals surface area (Å²) in [4.78, 5) is 19.2. The van der Waals surface area contributed by atoms with Crippen molar-refractivity contribution < 1.29 is 9.53 Å². The fourth-order valence-corrected chi connectivity index (χ4v) is 2.95. The Morgan fingerprint density at radius 2 is 2.11 bits per heavy atom. The first-order chi connectivity index (χ1) is 9.01. The highest BCUT2D eigenvalue weighted by atomic mass is 32.1. The number of aryl methyl sites for hydroxylation is 1. The van der Waals surface area contributed by atoms with Crippen LogP contribution in [0.2, 0.25) is 0 Å². The zero-order valence-corrected chi connectivity index (χ0v) is 13.3. The summed E-state index contributed by atoms with van der Waals surface area (Å²) < 4.78 is 4.76. The lowest BCUT2D eigenvalue weighted by Crippen LogP contribution is -2.31. The average molecular weight is 284 g/mol. The molecule has 1 heterocycles. The second-order valence-corrected chi connectivity index (χ2v) is 6.07. The van der Waals surface area contributed by atoms with Gasteiger partial charge in [0.25, 0.3) is 0 Å². The molecule has 1 rings (SSSR count). The lowest BCUT2D eigenvalue weighted by atomic mass is 10.2. The number of methoxy groups -OCH3 is 1. The van der Waals surface area contributed by atoms with E-state index >= 15 is 0 Å². The number of ether oxygens (including phenoxy) is 1. The molecule has 0 fully saturated rings. The van der Waals surface area contributed by atoms with Crippen LogP contribution in [0.1, 0.15) is 55.4 Å². The van der Waals surface area contributed by atoms with Crippen LogP contribution >= 0.6 is 11.3 Å². The number of nitrogens with zero attached hydrogens (tertiary/aromatic N) is 2. The maximum Gasteiger partial charge on any atom is 0.357 e. The van der Waals surface area contributed by atoms with Crippen LogP contribution < -0.4 is 4.90 Å². The van der Waals surface area contributed by atoms with E-state index in [9.17, 15) is 4.79 Å². The Kier molecular flexibility index (Phi) is 6.28. The van der Waals surface area contributed by atoms with Crippen molar-refractivity contribution in [2.45, 2.75) is 53.0 Å². The Bertz CT molecular complexity index is 416. The zero-order valence-electron chi connectivity index (χ0n) is 12.5. The number of thiazole rings is 1. The first-order valence-electron chi connectivity index (χ1n) is 6.83. The summed E-state index contributed by atoms with van der Waals surface area (Å²) in [5.41, 5.74) is 0.448. The van der Waals surface area contributed by atoms with Crippen molar-refractivity contribution in [3.8, 4) is 0 Å². The molecule has 19 heavy (non-hydrogen) atoms. The fourth-order valence-electron chi connectivity index (χ4n) is 1.90. The van der Waals surface area contributed by atoms with E-state index in [1.807, 2.05) is 6.92 Å².